The van der Waals surface area contributed by atoms with Crippen molar-refractivity contribution in [3.8, 4) is 11.4 Å². The van der Waals surface area contributed by atoms with Gasteiger partial charge in [-0.3, -0.25) is 10.1 Å². The fourth-order valence-electron chi connectivity index (χ4n) is 2.29. The molecule has 18 heavy (non-hydrogen) atoms. The maximum atomic E-state index is 4.39. The molecular formula is C13H9N5. The molecule has 3 heterocycles. The van der Waals surface area contributed by atoms with Crippen LogP contribution >= 0.6 is 0 Å². The highest BCUT2D eigenvalue weighted by molar-refractivity contribution is 6.10. The van der Waals surface area contributed by atoms with Crippen LogP contribution in [-0.2, 0) is 0 Å². The molecule has 0 spiro atoms. The van der Waals surface area contributed by atoms with Gasteiger partial charge in [-0.05, 0) is 12.1 Å². The van der Waals surface area contributed by atoms with Crippen LogP contribution in [0.5, 0.6) is 0 Å². The largest absolute Gasteiger partial charge is 0.353 e. The van der Waals surface area contributed by atoms with Crippen molar-refractivity contribution in [1.82, 2.24) is 25.4 Å². The number of para-hydroxylation sites is 1. The summed E-state index contributed by atoms with van der Waals surface area (Å²) in [6, 6.07) is 10.2. The second kappa shape index (κ2) is 3.40. The van der Waals surface area contributed by atoms with Crippen LogP contribution in [0.2, 0.25) is 0 Å². The number of nitrogens with zero attached hydrogens (tertiary/aromatic N) is 3. The van der Waals surface area contributed by atoms with Crippen LogP contribution in [0.4, 0.5) is 0 Å². The number of rotatable bonds is 1. The molecule has 0 radical (unpaired) electrons. The van der Waals surface area contributed by atoms with E-state index in [1.54, 1.807) is 12.4 Å². The van der Waals surface area contributed by atoms with E-state index in [1.165, 1.54) is 5.39 Å². The maximum Gasteiger partial charge on any atom is 0.133 e. The molecule has 0 saturated heterocycles. The Balaban J connectivity index is 2.17. The van der Waals surface area contributed by atoms with Crippen molar-refractivity contribution in [3.63, 3.8) is 0 Å². The van der Waals surface area contributed by atoms with Crippen LogP contribution in [-0.4, -0.2) is 25.4 Å². The average Bonchev–Trinajstić information content (AvgIpc) is 3.05. The molecule has 0 aliphatic rings. The van der Waals surface area contributed by atoms with Crippen molar-refractivity contribution in [2.24, 2.45) is 0 Å². The predicted molar refractivity (Wildman–Crippen MR) is 69.0 cm³/mol. The third-order valence-electron chi connectivity index (χ3n) is 3.09. The molecule has 0 saturated carbocycles. The van der Waals surface area contributed by atoms with Gasteiger partial charge in [0, 0.05) is 22.5 Å². The number of aromatic nitrogens is 5. The highest BCUT2D eigenvalue weighted by Gasteiger charge is 2.11. The molecule has 5 heteroatoms. The predicted octanol–water partition coefficient (Wildman–Crippen LogP) is 2.50. The molecule has 0 fully saturated rings. The van der Waals surface area contributed by atoms with Gasteiger partial charge in [0.2, 0.25) is 0 Å². The summed E-state index contributed by atoms with van der Waals surface area (Å²) in [7, 11) is 0. The lowest BCUT2D eigenvalue weighted by atomic mass is 10.1. The molecule has 2 N–H and O–H groups in total. The molecule has 1 aromatic carbocycles. The maximum absolute atomic E-state index is 4.39. The Morgan fingerprint density at radius 2 is 1.94 bits per heavy atom. The molecule has 3 aromatic heterocycles. The molecule has 0 atom stereocenters. The van der Waals surface area contributed by atoms with Crippen molar-refractivity contribution >= 4 is 21.8 Å². The average molecular weight is 235 g/mol. The number of aromatic amines is 2. The summed E-state index contributed by atoms with van der Waals surface area (Å²) in [5.41, 5.74) is 3.66. The summed E-state index contributed by atoms with van der Waals surface area (Å²) < 4.78 is 0. The van der Waals surface area contributed by atoms with Gasteiger partial charge >= 0.3 is 0 Å². The number of fused-ring (bicyclic) bond motifs is 3. The normalized spacial score (nSPS) is 11.3. The summed E-state index contributed by atoms with van der Waals surface area (Å²) in [5.74, 6) is 0. The molecule has 4 rings (SSSR count). The van der Waals surface area contributed by atoms with Crippen LogP contribution in [0.3, 0.4) is 0 Å². The van der Waals surface area contributed by atoms with E-state index in [2.05, 4.69) is 37.5 Å². The van der Waals surface area contributed by atoms with Gasteiger partial charge in [0.15, 0.2) is 0 Å². The molecule has 0 bridgehead atoms. The molecule has 0 aliphatic heterocycles. The topological polar surface area (TPSA) is 70.2 Å². The van der Waals surface area contributed by atoms with Gasteiger partial charge in [-0.15, -0.1) is 5.10 Å². The molecule has 86 valence electrons. The van der Waals surface area contributed by atoms with Crippen LogP contribution in [0, 0.1) is 0 Å². The molecule has 0 aliphatic carbocycles. The van der Waals surface area contributed by atoms with E-state index in [0.29, 0.717) is 0 Å². The SMILES string of the molecule is c1ccc2c(c1)[nH]c1c(-c3c[nH]nn3)nccc12. The fourth-order valence-corrected chi connectivity index (χ4v) is 2.29. The van der Waals surface area contributed by atoms with Crippen LogP contribution < -0.4 is 0 Å². The van der Waals surface area contributed by atoms with E-state index < -0.39 is 0 Å². The number of H-pyrrole nitrogens is 2. The van der Waals surface area contributed by atoms with Crippen LogP contribution in [0.15, 0.2) is 42.7 Å². The van der Waals surface area contributed by atoms with E-state index in [-0.39, 0.29) is 0 Å². The highest BCUT2D eigenvalue weighted by atomic mass is 15.3. The van der Waals surface area contributed by atoms with Crippen molar-refractivity contribution in [3.05, 3.63) is 42.7 Å². The number of hydrogen-bond acceptors (Lipinski definition) is 3. The Hall–Kier alpha value is -2.69. The monoisotopic (exact) mass is 235 g/mol. The Kier molecular flexibility index (Phi) is 1.77. The number of benzene rings is 1. The Morgan fingerprint density at radius 3 is 2.83 bits per heavy atom. The first-order valence-electron chi connectivity index (χ1n) is 5.66. The quantitative estimate of drug-likeness (QED) is 0.532. The molecule has 5 nitrogen and oxygen atoms in total. The molecule has 0 amide bonds. The van der Waals surface area contributed by atoms with E-state index in [9.17, 15) is 0 Å². The summed E-state index contributed by atoms with van der Waals surface area (Å²) >= 11 is 0. The van der Waals surface area contributed by atoms with Gasteiger partial charge in [0.05, 0.1) is 11.7 Å². The summed E-state index contributed by atoms with van der Waals surface area (Å²) in [6.07, 6.45) is 3.54. The third-order valence-corrected chi connectivity index (χ3v) is 3.09. The second-order valence-corrected chi connectivity index (χ2v) is 4.11. The van der Waals surface area contributed by atoms with Crippen LogP contribution in [0.25, 0.3) is 33.2 Å². The van der Waals surface area contributed by atoms with Gasteiger partial charge in [-0.1, -0.05) is 23.4 Å². The van der Waals surface area contributed by atoms with Crippen molar-refractivity contribution < 1.29 is 0 Å². The highest BCUT2D eigenvalue weighted by Crippen LogP contribution is 2.29. The third kappa shape index (κ3) is 1.18. The number of pyridine rings is 1. The smallest absolute Gasteiger partial charge is 0.133 e. The Bertz CT molecular complexity index is 829. The fraction of sp³-hybridized carbons (Fsp3) is 0. The van der Waals surface area contributed by atoms with Crippen molar-refractivity contribution in [2.45, 2.75) is 0 Å². The Morgan fingerprint density at radius 1 is 1.00 bits per heavy atom. The minimum Gasteiger partial charge on any atom is -0.353 e. The second-order valence-electron chi connectivity index (χ2n) is 4.11. The van der Waals surface area contributed by atoms with Gasteiger partial charge in [-0.25, -0.2) is 0 Å². The molecular weight excluding hydrogens is 226 g/mol. The van der Waals surface area contributed by atoms with Gasteiger partial charge < -0.3 is 4.98 Å². The lowest BCUT2D eigenvalue weighted by molar-refractivity contribution is 0.941. The van der Waals surface area contributed by atoms with Gasteiger partial charge in [0.1, 0.15) is 11.4 Å². The van der Waals surface area contributed by atoms with Gasteiger partial charge in [-0.2, -0.15) is 0 Å². The lowest BCUT2D eigenvalue weighted by Crippen LogP contribution is -1.85. The van der Waals surface area contributed by atoms with E-state index in [4.69, 9.17) is 0 Å². The first-order chi connectivity index (χ1) is 8.93. The van der Waals surface area contributed by atoms with Crippen LogP contribution in [0.1, 0.15) is 0 Å². The molecule has 0 unspecified atom stereocenters. The van der Waals surface area contributed by atoms with Crippen molar-refractivity contribution in [2.75, 3.05) is 0 Å². The minimum absolute atomic E-state index is 0.743. The first kappa shape index (κ1) is 9.35. The van der Waals surface area contributed by atoms with Gasteiger partial charge in [0.25, 0.3) is 0 Å². The van der Waals surface area contributed by atoms with E-state index in [0.717, 1.165) is 27.8 Å². The standard InChI is InChI=1S/C13H9N5/c1-2-4-10-8(3-1)9-5-6-14-13(12(9)16-10)11-7-15-18-17-11/h1-7,16H,(H,15,17,18). The summed E-state index contributed by atoms with van der Waals surface area (Å²) in [4.78, 5) is 7.78. The van der Waals surface area contributed by atoms with E-state index in [1.807, 2.05) is 18.2 Å². The number of nitrogens with one attached hydrogen (secondary N) is 2. The lowest BCUT2D eigenvalue weighted by Gasteiger charge is -1.96. The van der Waals surface area contributed by atoms with E-state index >= 15 is 0 Å². The molecule has 4 aromatic rings. The Labute approximate surface area is 102 Å². The number of hydrogen-bond donors (Lipinski definition) is 2. The zero-order valence-electron chi connectivity index (χ0n) is 9.38. The zero-order valence-corrected chi connectivity index (χ0v) is 9.38. The zero-order chi connectivity index (χ0) is 11.9. The van der Waals surface area contributed by atoms with Crippen molar-refractivity contribution in [1.29, 1.82) is 0 Å². The minimum atomic E-state index is 0.743. The summed E-state index contributed by atoms with van der Waals surface area (Å²) in [6.45, 7) is 0. The summed E-state index contributed by atoms with van der Waals surface area (Å²) in [5, 5.41) is 12.8. The first-order valence-corrected chi connectivity index (χ1v) is 5.66.